The first kappa shape index (κ1) is 11.2. The third-order valence-electron chi connectivity index (χ3n) is 4.01. The third kappa shape index (κ3) is 1.75. The van der Waals surface area contributed by atoms with Crippen LogP contribution in [0.25, 0.3) is 0 Å². The molecule has 2 rings (SSSR count). The Morgan fingerprint density at radius 1 is 1.38 bits per heavy atom. The topological polar surface area (TPSA) is 42.2 Å². The van der Waals surface area contributed by atoms with E-state index in [0.717, 1.165) is 25.7 Å². The quantitative estimate of drug-likeness (QED) is 0.852. The van der Waals surface area contributed by atoms with E-state index in [0.29, 0.717) is 5.92 Å². The molecule has 1 aliphatic carbocycles. The van der Waals surface area contributed by atoms with Crippen LogP contribution in [0.15, 0.2) is 24.5 Å². The highest BCUT2D eigenvalue weighted by Gasteiger charge is 2.42. The zero-order valence-corrected chi connectivity index (χ0v) is 9.72. The van der Waals surface area contributed by atoms with E-state index in [4.69, 9.17) is 0 Å². The Labute approximate surface area is 96.1 Å². The van der Waals surface area contributed by atoms with Crippen molar-refractivity contribution in [2.75, 3.05) is 0 Å². The maximum Gasteiger partial charge on any atom is 0.329 e. The molecular formula is C13H19NO2. The highest BCUT2D eigenvalue weighted by atomic mass is 16.4. The first-order chi connectivity index (χ1) is 7.69. The Kier molecular flexibility index (Phi) is 3.03. The standard InChI is InChI=1S/C13H19NO2/c1-2-11-5-7-13(8-6-11,12(15)16)14-9-3-4-10-14/h3-4,9-11H,2,5-8H2,1H3,(H,15,16). The lowest BCUT2D eigenvalue weighted by Crippen LogP contribution is -2.44. The Bertz CT molecular complexity index is 348. The van der Waals surface area contributed by atoms with E-state index >= 15 is 0 Å². The molecule has 1 fully saturated rings. The molecule has 0 amide bonds. The Morgan fingerprint density at radius 3 is 2.38 bits per heavy atom. The van der Waals surface area contributed by atoms with Crippen molar-refractivity contribution >= 4 is 5.97 Å². The molecule has 1 saturated carbocycles. The smallest absolute Gasteiger partial charge is 0.329 e. The number of hydrogen-bond donors (Lipinski definition) is 1. The summed E-state index contributed by atoms with van der Waals surface area (Å²) in [5.74, 6) is 0.0290. The van der Waals surface area contributed by atoms with Crippen LogP contribution in [0, 0.1) is 5.92 Å². The van der Waals surface area contributed by atoms with Crippen LogP contribution in [-0.4, -0.2) is 15.6 Å². The SMILES string of the molecule is CCC1CCC(C(=O)O)(n2cccc2)CC1. The summed E-state index contributed by atoms with van der Waals surface area (Å²) >= 11 is 0. The summed E-state index contributed by atoms with van der Waals surface area (Å²) in [7, 11) is 0. The molecule has 1 aromatic heterocycles. The molecule has 0 spiro atoms. The fourth-order valence-electron chi connectivity index (χ4n) is 2.77. The number of rotatable bonds is 3. The molecule has 88 valence electrons. The molecule has 0 bridgehead atoms. The average Bonchev–Trinajstić information content (AvgIpc) is 2.82. The first-order valence-electron chi connectivity index (χ1n) is 6.06. The second kappa shape index (κ2) is 4.32. The van der Waals surface area contributed by atoms with E-state index in [1.165, 1.54) is 6.42 Å². The number of aromatic nitrogens is 1. The number of carboxylic acid groups (broad SMARTS) is 1. The molecule has 0 unspecified atom stereocenters. The molecule has 1 heterocycles. The van der Waals surface area contributed by atoms with Crippen molar-refractivity contribution in [2.24, 2.45) is 5.92 Å². The summed E-state index contributed by atoms with van der Waals surface area (Å²) in [4.78, 5) is 11.5. The summed E-state index contributed by atoms with van der Waals surface area (Å²) < 4.78 is 1.88. The normalized spacial score (nSPS) is 30.2. The molecule has 3 nitrogen and oxygen atoms in total. The van der Waals surface area contributed by atoms with E-state index in [1.807, 2.05) is 29.1 Å². The molecule has 1 N–H and O–H groups in total. The number of hydrogen-bond acceptors (Lipinski definition) is 1. The molecule has 1 aliphatic rings. The lowest BCUT2D eigenvalue weighted by molar-refractivity contribution is -0.150. The summed E-state index contributed by atoms with van der Waals surface area (Å²) in [6.07, 6.45) is 8.50. The zero-order valence-electron chi connectivity index (χ0n) is 9.72. The summed E-state index contributed by atoms with van der Waals surface area (Å²) in [5.41, 5.74) is -0.685. The minimum Gasteiger partial charge on any atom is -0.479 e. The molecule has 0 atom stereocenters. The van der Waals surface area contributed by atoms with Gasteiger partial charge in [0.2, 0.25) is 0 Å². The third-order valence-corrected chi connectivity index (χ3v) is 4.01. The van der Waals surface area contributed by atoms with Gasteiger partial charge < -0.3 is 9.67 Å². The molecule has 0 aromatic carbocycles. The van der Waals surface area contributed by atoms with Crippen molar-refractivity contribution in [3.8, 4) is 0 Å². The number of carbonyl (C=O) groups is 1. The highest BCUT2D eigenvalue weighted by Crippen LogP contribution is 2.39. The van der Waals surface area contributed by atoms with Gasteiger partial charge in [-0.2, -0.15) is 0 Å². The van der Waals surface area contributed by atoms with E-state index < -0.39 is 11.5 Å². The highest BCUT2D eigenvalue weighted by molar-refractivity contribution is 5.77. The second-order valence-corrected chi connectivity index (χ2v) is 4.78. The summed E-state index contributed by atoms with van der Waals surface area (Å²) in [6, 6.07) is 3.80. The van der Waals surface area contributed by atoms with Gasteiger partial charge in [0.25, 0.3) is 0 Å². The largest absolute Gasteiger partial charge is 0.479 e. The number of nitrogens with zero attached hydrogens (tertiary/aromatic N) is 1. The molecule has 3 heteroatoms. The van der Waals surface area contributed by atoms with Gasteiger partial charge in [-0.05, 0) is 43.7 Å². The van der Waals surface area contributed by atoms with Crippen molar-refractivity contribution < 1.29 is 9.90 Å². The van der Waals surface area contributed by atoms with Gasteiger partial charge in [-0.1, -0.05) is 13.3 Å². The fraction of sp³-hybridized carbons (Fsp3) is 0.615. The van der Waals surface area contributed by atoms with E-state index in [-0.39, 0.29) is 0 Å². The lowest BCUT2D eigenvalue weighted by Gasteiger charge is -2.37. The van der Waals surface area contributed by atoms with Gasteiger partial charge in [-0.25, -0.2) is 4.79 Å². The van der Waals surface area contributed by atoms with E-state index in [9.17, 15) is 9.90 Å². The Morgan fingerprint density at radius 2 is 1.94 bits per heavy atom. The van der Waals surface area contributed by atoms with E-state index in [2.05, 4.69) is 6.92 Å². The Balaban J connectivity index is 2.23. The van der Waals surface area contributed by atoms with E-state index in [1.54, 1.807) is 0 Å². The maximum absolute atomic E-state index is 11.5. The minimum absolute atomic E-state index is 0.682. The van der Waals surface area contributed by atoms with Gasteiger partial charge in [-0.3, -0.25) is 0 Å². The summed E-state index contributed by atoms with van der Waals surface area (Å²) in [6.45, 7) is 2.19. The molecule has 0 radical (unpaired) electrons. The average molecular weight is 221 g/mol. The van der Waals surface area contributed by atoms with Crippen LogP contribution < -0.4 is 0 Å². The Hall–Kier alpha value is -1.25. The van der Waals surface area contributed by atoms with Gasteiger partial charge >= 0.3 is 5.97 Å². The number of carboxylic acids is 1. The second-order valence-electron chi connectivity index (χ2n) is 4.78. The van der Waals surface area contributed by atoms with Crippen LogP contribution in [0.1, 0.15) is 39.0 Å². The van der Waals surface area contributed by atoms with Crippen molar-refractivity contribution in [3.63, 3.8) is 0 Å². The van der Waals surface area contributed by atoms with Crippen molar-refractivity contribution in [2.45, 2.75) is 44.6 Å². The lowest BCUT2D eigenvalue weighted by atomic mass is 9.75. The van der Waals surface area contributed by atoms with Gasteiger partial charge in [0.1, 0.15) is 5.54 Å². The minimum atomic E-state index is -0.685. The van der Waals surface area contributed by atoms with Crippen molar-refractivity contribution in [1.29, 1.82) is 0 Å². The van der Waals surface area contributed by atoms with Gasteiger partial charge in [0, 0.05) is 12.4 Å². The van der Waals surface area contributed by atoms with Crippen LogP contribution in [-0.2, 0) is 10.3 Å². The van der Waals surface area contributed by atoms with Gasteiger partial charge in [-0.15, -0.1) is 0 Å². The fourth-order valence-corrected chi connectivity index (χ4v) is 2.77. The van der Waals surface area contributed by atoms with Crippen molar-refractivity contribution in [1.82, 2.24) is 4.57 Å². The maximum atomic E-state index is 11.5. The predicted molar refractivity (Wildman–Crippen MR) is 62.3 cm³/mol. The first-order valence-corrected chi connectivity index (χ1v) is 6.06. The predicted octanol–water partition coefficient (Wildman–Crippen LogP) is 2.87. The monoisotopic (exact) mass is 221 g/mol. The summed E-state index contributed by atoms with van der Waals surface area (Å²) in [5, 5.41) is 9.50. The van der Waals surface area contributed by atoms with Crippen LogP contribution >= 0.6 is 0 Å². The van der Waals surface area contributed by atoms with Crippen molar-refractivity contribution in [3.05, 3.63) is 24.5 Å². The molecule has 16 heavy (non-hydrogen) atoms. The molecular weight excluding hydrogens is 202 g/mol. The molecule has 0 aliphatic heterocycles. The zero-order chi connectivity index (χ0) is 11.6. The molecule has 1 aromatic rings. The van der Waals surface area contributed by atoms with Crippen LogP contribution in [0.4, 0.5) is 0 Å². The van der Waals surface area contributed by atoms with Crippen LogP contribution in [0.2, 0.25) is 0 Å². The van der Waals surface area contributed by atoms with Gasteiger partial charge in [0.05, 0.1) is 0 Å². The van der Waals surface area contributed by atoms with Gasteiger partial charge in [0.15, 0.2) is 0 Å². The molecule has 0 saturated heterocycles. The van der Waals surface area contributed by atoms with Crippen LogP contribution in [0.5, 0.6) is 0 Å². The number of aliphatic carboxylic acids is 1. The van der Waals surface area contributed by atoms with Crippen LogP contribution in [0.3, 0.4) is 0 Å².